The number of carbonyl (C=O) groups is 1. The average Bonchev–Trinajstić information content (AvgIpc) is 3.93. The third kappa shape index (κ3) is 17.0. The molecule has 0 radical (unpaired) electrons. The Morgan fingerprint density at radius 1 is 0.892 bits per heavy atom. The van der Waals surface area contributed by atoms with Gasteiger partial charge < -0.3 is 33.3 Å². The largest absolute Gasteiger partial charge is 0.472 e. The summed E-state index contributed by atoms with van der Waals surface area (Å²) < 4.78 is 62.3. The molecule has 4 heterocycles. The van der Waals surface area contributed by atoms with Crippen molar-refractivity contribution < 1.29 is 51.7 Å². The zero-order chi connectivity index (χ0) is 46.8. The van der Waals surface area contributed by atoms with Gasteiger partial charge in [0.2, 0.25) is 5.60 Å². The fraction of sp³-hybridized carbons (Fsp3) is 0.708. The molecule has 6 atom stereocenters. The van der Waals surface area contributed by atoms with Gasteiger partial charge in [0.25, 0.3) is 0 Å². The normalized spacial score (nSPS) is 21.8. The second-order valence-electron chi connectivity index (χ2n) is 18.7. The highest BCUT2D eigenvalue weighted by atomic mass is 31.2. The first-order valence-electron chi connectivity index (χ1n) is 23.8. The summed E-state index contributed by atoms with van der Waals surface area (Å²) in [4.78, 5) is 27.8. The van der Waals surface area contributed by atoms with Crippen molar-refractivity contribution in [2.24, 2.45) is 0 Å². The number of hydrogen-bond acceptors (Lipinski definition) is 13. The van der Waals surface area contributed by atoms with Gasteiger partial charge in [0.05, 0.1) is 25.5 Å². The highest BCUT2D eigenvalue weighted by Crippen LogP contribution is 2.52. The van der Waals surface area contributed by atoms with Crippen LogP contribution in [0.5, 0.6) is 0 Å². The van der Waals surface area contributed by atoms with Gasteiger partial charge in [-0.3, -0.25) is 14.4 Å². The molecule has 5 rings (SSSR count). The number of ether oxygens (including phenoxy) is 6. The number of amides is 1. The molecule has 1 unspecified atom stereocenters. The Kier molecular flexibility index (Phi) is 20.7. The number of nitriles is 1. The molecule has 0 spiro atoms. The number of rotatable bonds is 30. The summed E-state index contributed by atoms with van der Waals surface area (Å²) in [7, 11) is -4.79. The van der Waals surface area contributed by atoms with Crippen LogP contribution in [0.15, 0.2) is 48.8 Å². The first-order valence-corrected chi connectivity index (χ1v) is 25.3. The number of aromatic nitrogens is 3. The van der Waals surface area contributed by atoms with Crippen molar-refractivity contribution in [2.45, 2.75) is 192 Å². The minimum atomic E-state index is -4.79. The molecule has 362 valence electrons. The van der Waals surface area contributed by atoms with Crippen molar-refractivity contribution in [3.8, 4) is 6.07 Å². The van der Waals surface area contributed by atoms with Gasteiger partial charge in [-0.25, -0.2) is 18.9 Å². The fourth-order valence-electron chi connectivity index (χ4n) is 8.16. The van der Waals surface area contributed by atoms with Crippen molar-refractivity contribution >= 4 is 25.3 Å². The summed E-state index contributed by atoms with van der Waals surface area (Å²) in [6, 6.07) is 15.1. The van der Waals surface area contributed by atoms with Gasteiger partial charge in [0, 0.05) is 6.61 Å². The van der Waals surface area contributed by atoms with Gasteiger partial charge in [-0.05, 0) is 58.7 Å². The number of hydrogen-bond donors (Lipinski definition) is 2. The van der Waals surface area contributed by atoms with Crippen LogP contribution in [-0.2, 0) is 48.6 Å². The summed E-state index contributed by atoms with van der Waals surface area (Å²) >= 11 is 0. The average molecular weight is 928 g/mol. The maximum atomic E-state index is 13.5. The summed E-state index contributed by atoms with van der Waals surface area (Å²) in [5.41, 5.74) is -0.841. The Morgan fingerprint density at radius 2 is 1.52 bits per heavy atom. The quantitative estimate of drug-likeness (QED) is 0.0473. The van der Waals surface area contributed by atoms with E-state index in [1.807, 2.05) is 30.3 Å². The van der Waals surface area contributed by atoms with Gasteiger partial charge in [-0.2, -0.15) is 10.4 Å². The van der Waals surface area contributed by atoms with Crippen LogP contribution in [-0.4, -0.2) is 87.3 Å². The Bertz CT molecular complexity index is 1970. The number of anilines is 1. The number of phosphoric acid groups is 1. The molecule has 1 aromatic carbocycles. The zero-order valence-electron chi connectivity index (χ0n) is 39.5. The maximum absolute atomic E-state index is 13.5. The number of unbranched alkanes of at least 4 members (excludes halogenated alkanes) is 15. The molecular weight excluding hydrogens is 854 g/mol. The van der Waals surface area contributed by atoms with E-state index in [1.165, 1.54) is 101 Å². The first kappa shape index (κ1) is 52.5. The molecule has 2 aliphatic rings. The number of fused-ring (bicyclic) bond motifs is 2. The van der Waals surface area contributed by atoms with Crippen molar-refractivity contribution in [1.29, 1.82) is 5.26 Å². The van der Waals surface area contributed by atoms with Crippen LogP contribution in [0.3, 0.4) is 0 Å². The third-order valence-electron chi connectivity index (χ3n) is 11.4. The Morgan fingerprint density at radius 3 is 2.14 bits per heavy atom. The van der Waals surface area contributed by atoms with E-state index < -0.39 is 61.9 Å². The van der Waals surface area contributed by atoms with Crippen LogP contribution >= 0.6 is 7.82 Å². The molecule has 17 heteroatoms. The highest BCUT2D eigenvalue weighted by molar-refractivity contribution is 7.47. The van der Waals surface area contributed by atoms with Gasteiger partial charge >= 0.3 is 13.9 Å². The van der Waals surface area contributed by atoms with Gasteiger partial charge in [-0.1, -0.05) is 134 Å². The first-order chi connectivity index (χ1) is 31.1. The Balaban J connectivity index is 1.10. The lowest BCUT2D eigenvalue weighted by Gasteiger charge is -2.29. The number of carbonyl (C=O) groups excluding carboxylic acids is 1. The highest BCUT2D eigenvalue weighted by Gasteiger charge is 2.65. The van der Waals surface area contributed by atoms with E-state index in [2.05, 4.69) is 28.4 Å². The van der Waals surface area contributed by atoms with E-state index in [-0.39, 0.29) is 25.6 Å². The van der Waals surface area contributed by atoms with E-state index in [0.29, 0.717) is 17.8 Å². The monoisotopic (exact) mass is 928 g/mol. The second-order valence-corrected chi connectivity index (χ2v) is 20.1. The summed E-state index contributed by atoms with van der Waals surface area (Å²) in [6.07, 6.45) is 17.6. The number of benzene rings is 1. The van der Waals surface area contributed by atoms with Crippen LogP contribution < -0.4 is 5.32 Å². The van der Waals surface area contributed by atoms with Crippen molar-refractivity contribution in [3.63, 3.8) is 0 Å². The molecule has 0 bridgehead atoms. The van der Waals surface area contributed by atoms with Crippen molar-refractivity contribution in [1.82, 2.24) is 14.6 Å². The molecule has 65 heavy (non-hydrogen) atoms. The van der Waals surface area contributed by atoms with Crippen LogP contribution in [0.4, 0.5) is 10.6 Å². The molecular formula is C48H74N5O11P. The lowest BCUT2D eigenvalue weighted by atomic mass is 9.96. The Labute approximate surface area is 385 Å². The molecule has 2 aliphatic heterocycles. The maximum Gasteiger partial charge on any atom is 0.472 e. The molecule has 0 aliphatic carbocycles. The topological polar surface area (TPSA) is 194 Å². The Hall–Kier alpha value is -3.49. The fourth-order valence-corrected chi connectivity index (χ4v) is 8.94. The van der Waals surface area contributed by atoms with E-state index >= 15 is 0 Å². The summed E-state index contributed by atoms with van der Waals surface area (Å²) in [6.45, 7) is 10.8. The lowest BCUT2D eigenvalue weighted by molar-refractivity contribution is -0.204. The zero-order valence-corrected chi connectivity index (χ0v) is 40.4. The molecule has 2 N–H and O–H groups in total. The second kappa shape index (κ2) is 25.6. The smallest absolute Gasteiger partial charge is 0.444 e. The molecule has 0 saturated carbocycles. The molecule has 2 saturated heterocycles. The molecule has 2 fully saturated rings. The summed E-state index contributed by atoms with van der Waals surface area (Å²) in [5, 5.41) is 17.7. The molecule has 3 aromatic rings. The van der Waals surface area contributed by atoms with E-state index in [9.17, 15) is 19.5 Å². The number of nitrogens with one attached hydrogen (secondary N) is 1. The van der Waals surface area contributed by atoms with Crippen LogP contribution in [0.1, 0.15) is 162 Å². The van der Waals surface area contributed by atoms with Crippen molar-refractivity contribution in [3.05, 3.63) is 60.0 Å². The minimum absolute atomic E-state index is 0.145. The van der Waals surface area contributed by atoms with Gasteiger partial charge in [-0.15, -0.1) is 0 Å². The predicted octanol–water partition coefficient (Wildman–Crippen LogP) is 10.9. The predicted molar refractivity (Wildman–Crippen MR) is 246 cm³/mol. The molecule has 2 aromatic heterocycles. The van der Waals surface area contributed by atoms with Gasteiger partial charge in [0.15, 0.2) is 11.6 Å². The minimum Gasteiger partial charge on any atom is -0.444 e. The van der Waals surface area contributed by atoms with E-state index in [1.54, 1.807) is 46.8 Å². The standard InChI is InChI=1S/C48H74N5O11P/c1-7-8-9-10-11-12-13-14-15-16-17-18-19-20-21-25-30-57-32-38(58-31-37-26-23-22-24-27-37)33-59-65(55,56)60-35-48(34-49)43-42(61-47(5,6)63-43)41(62-48)39-28-29-40-44(50-36-51-53(39)40)52-45(54)64-46(2,3)4/h22-24,26-29,36,38,41-43H,7-21,25,30-33,35H2,1-6H3,(H,55,56)(H,50,51,52,54)/t38-,41+,42+,43+,48-/m1/s1. The lowest BCUT2D eigenvalue weighted by Crippen LogP contribution is -2.45. The third-order valence-corrected chi connectivity index (χ3v) is 12.4. The van der Waals surface area contributed by atoms with Crippen LogP contribution in [0.25, 0.3) is 5.52 Å². The number of nitrogens with zero attached hydrogens (tertiary/aromatic N) is 4. The summed E-state index contributed by atoms with van der Waals surface area (Å²) in [5.74, 6) is -0.955. The molecule has 16 nitrogen and oxygen atoms in total. The van der Waals surface area contributed by atoms with Crippen LogP contribution in [0.2, 0.25) is 0 Å². The van der Waals surface area contributed by atoms with Crippen LogP contribution in [0, 0.1) is 11.3 Å². The van der Waals surface area contributed by atoms with Gasteiger partial charge in [0.1, 0.15) is 54.5 Å². The SMILES string of the molecule is CCCCCCCCCCCCCCCCCCOC[C@H](COP(=O)(O)OC[C@@]1(C#N)O[C@@H](c2ccc3c(NC(=O)OC(C)(C)C)ncnn23)[C@@H]2OC(C)(C)O[C@@H]21)OCc1ccccc1. The van der Waals surface area contributed by atoms with E-state index in [0.717, 1.165) is 18.4 Å². The number of phosphoric ester groups is 1. The molecule has 1 amide bonds. The van der Waals surface area contributed by atoms with Crippen molar-refractivity contribution in [2.75, 3.05) is 31.7 Å². The van der Waals surface area contributed by atoms with E-state index in [4.69, 9.17) is 37.5 Å².